The summed E-state index contributed by atoms with van der Waals surface area (Å²) in [5, 5.41) is 13.4. The first-order valence-electron chi connectivity index (χ1n) is 10.3. The zero-order valence-electron chi connectivity index (χ0n) is 16.8. The summed E-state index contributed by atoms with van der Waals surface area (Å²) in [6.07, 6.45) is 4.37. The number of hydrogen-bond acceptors (Lipinski definition) is 2. The Balaban J connectivity index is 1.87. The van der Waals surface area contributed by atoms with Gasteiger partial charge in [-0.2, -0.15) is 0 Å². The van der Waals surface area contributed by atoms with Crippen LogP contribution in [-0.4, -0.2) is 40.3 Å². The minimum atomic E-state index is -0.389. The van der Waals surface area contributed by atoms with Crippen molar-refractivity contribution in [1.82, 2.24) is 9.47 Å². The number of aliphatic hydroxyl groups excluding tert-OH is 1. The van der Waals surface area contributed by atoms with Crippen LogP contribution in [0, 0.1) is 0 Å². The van der Waals surface area contributed by atoms with E-state index in [1.54, 1.807) is 0 Å². The van der Waals surface area contributed by atoms with E-state index in [9.17, 15) is 5.11 Å². The molecule has 1 N–H and O–H groups in total. The molecular formula is C23H30Br2N2O. The molecule has 0 amide bonds. The molecule has 1 atom stereocenters. The highest BCUT2D eigenvalue weighted by molar-refractivity contribution is 9.10. The van der Waals surface area contributed by atoms with Crippen molar-refractivity contribution in [2.75, 3.05) is 19.6 Å². The molecule has 0 saturated carbocycles. The standard InChI is InChI=1S/C23H30Br2N2O/c1-3-5-11-26(12-6-4-2)15-19(28)16-27-22-9-7-17(24)13-20(22)21-14-18(25)8-10-23(21)27/h7-10,13-14,19,28H,3-6,11-12,15-16H2,1-2H3/t19-/m0/s1. The van der Waals surface area contributed by atoms with Gasteiger partial charge in [-0.3, -0.25) is 0 Å². The summed E-state index contributed by atoms with van der Waals surface area (Å²) in [5.41, 5.74) is 2.34. The van der Waals surface area contributed by atoms with E-state index in [1.165, 1.54) is 47.5 Å². The number of halogens is 2. The Morgan fingerprint density at radius 3 is 1.86 bits per heavy atom. The highest BCUT2D eigenvalue weighted by Gasteiger charge is 2.17. The molecule has 0 fully saturated rings. The summed E-state index contributed by atoms with van der Waals surface area (Å²) < 4.78 is 4.42. The molecule has 28 heavy (non-hydrogen) atoms. The Morgan fingerprint density at radius 2 is 1.39 bits per heavy atom. The molecule has 0 unspecified atom stereocenters. The van der Waals surface area contributed by atoms with Crippen LogP contribution in [0.3, 0.4) is 0 Å². The SMILES string of the molecule is CCCCN(CCCC)C[C@H](O)Cn1c2ccc(Br)cc2c2cc(Br)ccc21. The Labute approximate surface area is 185 Å². The number of rotatable bonds is 10. The van der Waals surface area contributed by atoms with Gasteiger partial charge in [0, 0.05) is 37.3 Å². The van der Waals surface area contributed by atoms with Crippen molar-refractivity contribution in [2.24, 2.45) is 0 Å². The van der Waals surface area contributed by atoms with Crippen molar-refractivity contribution >= 4 is 53.7 Å². The number of unbranched alkanes of at least 4 members (excludes halogenated alkanes) is 2. The van der Waals surface area contributed by atoms with Gasteiger partial charge in [-0.1, -0.05) is 58.5 Å². The number of aromatic nitrogens is 1. The molecule has 0 aliphatic carbocycles. The smallest absolute Gasteiger partial charge is 0.0845 e. The number of aliphatic hydroxyl groups is 1. The second-order valence-electron chi connectivity index (χ2n) is 7.60. The lowest BCUT2D eigenvalue weighted by molar-refractivity contribution is 0.0982. The third kappa shape index (κ3) is 5.18. The number of benzene rings is 2. The van der Waals surface area contributed by atoms with E-state index in [0.717, 1.165) is 28.6 Å². The van der Waals surface area contributed by atoms with Crippen LogP contribution in [0.2, 0.25) is 0 Å². The monoisotopic (exact) mass is 508 g/mol. The first-order chi connectivity index (χ1) is 13.5. The van der Waals surface area contributed by atoms with Gasteiger partial charge in [-0.05, 0) is 62.3 Å². The van der Waals surface area contributed by atoms with E-state index in [0.29, 0.717) is 6.54 Å². The van der Waals surface area contributed by atoms with Crippen molar-refractivity contribution in [3.63, 3.8) is 0 Å². The van der Waals surface area contributed by atoms with E-state index < -0.39 is 0 Å². The second-order valence-corrected chi connectivity index (χ2v) is 9.43. The highest BCUT2D eigenvalue weighted by atomic mass is 79.9. The molecule has 3 nitrogen and oxygen atoms in total. The van der Waals surface area contributed by atoms with Gasteiger partial charge >= 0.3 is 0 Å². The van der Waals surface area contributed by atoms with Crippen molar-refractivity contribution in [3.8, 4) is 0 Å². The van der Waals surface area contributed by atoms with Gasteiger partial charge in [0.15, 0.2) is 0 Å². The Bertz CT molecular complexity index is 854. The van der Waals surface area contributed by atoms with Crippen molar-refractivity contribution < 1.29 is 5.11 Å². The lowest BCUT2D eigenvalue weighted by Crippen LogP contribution is -2.36. The van der Waals surface area contributed by atoms with Crippen molar-refractivity contribution in [2.45, 2.75) is 52.2 Å². The van der Waals surface area contributed by atoms with Gasteiger partial charge in [0.2, 0.25) is 0 Å². The zero-order valence-corrected chi connectivity index (χ0v) is 20.0. The molecule has 0 radical (unpaired) electrons. The fourth-order valence-corrected chi connectivity index (χ4v) is 4.59. The Kier molecular flexibility index (Phi) is 7.98. The van der Waals surface area contributed by atoms with E-state index in [4.69, 9.17) is 0 Å². The fourth-order valence-electron chi connectivity index (χ4n) is 3.87. The molecule has 0 saturated heterocycles. The van der Waals surface area contributed by atoms with Crippen LogP contribution in [-0.2, 0) is 6.54 Å². The first kappa shape index (κ1) is 21.8. The summed E-state index contributed by atoms with van der Waals surface area (Å²) in [6.45, 7) is 7.93. The summed E-state index contributed by atoms with van der Waals surface area (Å²) in [6, 6.07) is 12.8. The maximum Gasteiger partial charge on any atom is 0.0845 e. The van der Waals surface area contributed by atoms with Crippen molar-refractivity contribution in [3.05, 3.63) is 45.3 Å². The second kappa shape index (κ2) is 10.2. The first-order valence-corrected chi connectivity index (χ1v) is 11.9. The molecular weight excluding hydrogens is 480 g/mol. The average molecular weight is 510 g/mol. The Morgan fingerprint density at radius 1 is 0.893 bits per heavy atom. The average Bonchev–Trinajstić information content (AvgIpc) is 2.96. The minimum absolute atomic E-state index is 0.389. The summed E-state index contributed by atoms with van der Waals surface area (Å²) in [7, 11) is 0. The van der Waals surface area contributed by atoms with Crippen LogP contribution in [0.5, 0.6) is 0 Å². The largest absolute Gasteiger partial charge is 0.390 e. The lowest BCUT2D eigenvalue weighted by atomic mass is 10.2. The number of fused-ring (bicyclic) bond motifs is 3. The molecule has 1 heterocycles. The van der Waals surface area contributed by atoms with Crippen LogP contribution in [0.1, 0.15) is 39.5 Å². The quantitative estimate of drug-likeness (QED) is 0.334. The topological polar surface area (TPSA) is 28.4 Å². The third-order valence-electron chi connectivity index (χ3n) is 5.31. The molecule has 0 aliphatic heterocycles. The van der Waals surface area contributed by atoms with Gasteiger partial charge in [-0.25, -0.2) is 0 Å². The molecule has 0 bridgehead atoms. The van der Waals surface area contributed by atoms with Crippen molar-refractivity contribution in [1.29, 1.82) is 0 Å². The molecule has 0 aliphatic rings. The normalized spacial score (nSPS) is 13.1. The maximum absolute atomic E-state index is 10.9. The van der Waals surface area contributed by atoms with E-state index in [-0.39, 0.29) is 6.10 Å². The Hall–Kier alpha value is -0.880. The number of nitrogens with zero attached hydrogens (tertiary/aromatic N) is 2. The molecule has 1 aromatic heterocycles. The molecule has 2 aromatic carbocycles. The van der Waals surface area contributed by atoms with Gasteiger partial charge in [0.25, 0.3) is 0 Å². The molecule has 5 heteroatoms. The lowest BCUT2D eigenvalue weighted by Gasteiger charge is -2.25. The molecule has 152 valence electrons. The fraction of sp³-hybridized carbons (Fsp3) is 0.478. The van der Waals surface area contributed by atoms with Gasteiger partial charge in [-0.15, -0.1) is 0 Å². The summed E-state index contributed by atoms with van der Waals surface area (Å²) in [5.74, 6) is 0. The predicted molar refractivity (Wildman–Crippen MR) is 127 cm³/mol. The van der Waals surface area contributed by atoms with Crippen LogP contribution in [0.25, 0.3) is 21.8 Å². The molecule has 3 aromatic rings. The maximum atomic E-state index is 10.9. The highest BCUT2D eigenvalue weighted by Crippen LogP contribution is 2.33. The van der Waals surface area contributed by atoms with Gasteiger partial charge < -0.3 is 14.6 Å². The van der Waals surface area contributed by atoms with Crippen LogP contribution in [0.4, 0.5) is 0 Å². The van der Waals surface area contributed by atoms with E-state index in [1.807, 2.05) is 0 Å². The predicted octanol–water partition coefficient (Wildman–Crippen LogP) is 6.58. The summed E-state index contributed by atoms with van der Waals surface area (Å²) >= 11 is 7.20. The van der Waals surface area contributed by atoms with Gasteiger partial charge in [0.1, 0.15) is 0 Å². The third-order valence-corrected chi connectivity index (χ3v) is 6.29. The van der Waals surface area contributed by atoms with E-state index >= 15 is 0 Å². The van der Waals surface area contributed by atoms with Crippen LogP contribution in [0.15, 0.2) is 45.3 Å². The molecule has 3 rings (SSSR count). The van der Waals surface area contributed by atoms with Crippen LogP contribution < -0.4 is 0 Å². The van der Waals surface area contributed by atoms with Crippen LogP contribution >= 0.6 is 31.9 Å². The minimum Gasteiger partial charge on any atom is -0.390 e. The number of hydrogen-bond donors (Lipinski definition) is 1. The van der Waals surface area contributed by atoms with Gasteiger partial charge in [0.05, 0.1) is 12.6 Å². The summed E-state index contributed by atoms with van der Waals surface area (Å²) in [4.78, 5) is 2.43. The van der Waals surface area contributed by atoms with E-state index in [2.05, 4.69) is 91.6 Å². The molecule has 0 spiro atoms. The zero-order chi connectivity index (χ0) is 20.1.